The SMILES string of the molecule is COc1ccc(-c2csc(NC(=O)CCc3ncc(-c4ccccc4F)o3)n2)cc1OC. The van der Waals surface area contributed by atoms with Crippen molar-refractivity contribution in [3.05, 3.63) is 65.7 Å². The van der Waals surface area contributed by atoms with Gasteiger partial charge in [-0.3, -0.25) is 4.79 Å². The molecule has 0 bridgehead atoms. The van der Waals surface area contributed by atoms with Crippen LogP contribution in [0.15, 0.2) is 58.5 Å². The number of hydrogen-bond acceptors (Lipinski definition) is 7. The van der Waals surface area contributed by atoms with Crippen LogP contribution in [0.2, 0.25) is 0 Å². The van der Waals surface area contributed by atoms with Gasteiger partial charge in [0.15, 0.2) is 28.3 Å². The van der Waals surface area contributed by atoms with E-state index in [1.807, 2.05) is 17.5 Å². The second kappa shape index (κ2) is 9.61. The van der Waals surface area contributed by atoms with Gasteiger partial charge in [-0.05, 0) is 30.3 Å². The molecule has 32 heavy (non-hydrogen) atoms. The minimum absolute atomic E-state index is 0.155. The number of anilines is 1. The highest BCUT2D eigenvalue weighted by Gasteiger charge is 2.14. The maximum absolute atomic E-state index is 13.9. The third kappa shape index (κ3) is 4.78. The van der Waals surface area contributed by atoms with Gasteiger partial charge in [0, 0.05) is 23.8 Å². The van der Waals surface area contributed by atoms with Crippen molar-refractivity contribution in [1.29, 1.82) is 0 Å². The first-order valence-electron chi connectivity index (χ1n) is 9.74. The summed E-state index contributed by atoms with van der Waals surface area (Å²) in [5.74, 6) is 1.32. The topological polar surface area (TPSA) is 86.5 Å². The average Bonchev–Trinajstić information content (AvgIpc) is 3.47. The number of methoxy groups -OCH3 is 2. The number of nitrogens with one attached hydrogen (secondary N) is 1. The molecule has 2 heterocycles. The maximum atomic E-state index is 13.9. The van der Waals surface area contributed by atoms with Gasteiger partial charge in [0.25, 0.3) is 0 Å². The number of nitrogens with zero attached hydrogens (tertiary/aromatic N) is 2. The van der Waals surface area contributed by atoms with Crippen LogP contribution in [0.4, 0.5) is 9.52 Å². The minimum Gasteiger partial charge on any atom is -0.493 e. The Hall–Kier alpha value is -3.72. The first-order valence-corrected chi connectivity index (χ1v) is 10.6. The summed E-state index contributed by atoms with van der Waals surface area (Å²) < 4.78 is 30.0. The van der Waals surface area contributed by atoms with Crippen molar-refractivity contribution < 1.29 is 23.1 Å². The van der Waals surface area contributed by atoms with Gasteiger partial charge < -0.3 is 19.2 Å². The Bertz CT molecular complexity index is 1240. The van der Waals surface area contributed by atoms with Crippen molar-refractivity contribution in [2.24, 2.45) is 0 Å². The van der Waals surface area contributed by atoms with Gasteiger partial charge >= 0.3 is 0 Å². The molecule has 4 aromatic rings. The van der Waals surface area contributed by atoms with E-state index in [0.29, 0.717) is 39.5 Å². The van der Waals surface area contributed by atoms with E-state index in [9.17, 15) is 9.18 Å². The summed E-state index contributed by atoms with van der Waals surface area (Å²) >= 11 is 1.32. The number of carbonyl (C=O) groups is 1. The molecular formula is C23H20FN3O4S. The van der Waals surface area contributed by atoms with Gasteiger partial charge in [-0.25, -0.2) is 14.4 Å². The Morgan fingerprint density at radius 1 is 1.16 bits per heavy atom. The number of halogens is 1. The number of oxazole rings is 1. The number of hydrogen-bond donors (Lipinski definition) is 1. The lowest BCUT2D eigenvalue weighted by Crippen LogP contribution is -2.12. The van der Waals surface area contributed by atoms with E-state index < -0.39 is 0 Å². The Morgan fingerprint density at radius 3 is 2.75 bits per heavy atom. The highest BCUT2D eigenvalue weighted by molar-refractivity contribution is 7.14. The van der Waals surface area contributed by atoms with E-state index >= 15 is 0 Å². The molecule has 0 aliphatic heterocycles. The van der Waals surface area contributed by atoms with Gasteiger partial charge in [-0.1, -0.05) is 12.1 Å². The van der Waals surface area contributed by atoms with E-state index in [-0.39, 0.29) is 24.6 Å². The number of ether oxygens (including phenoxy) is 2. The molecule has 0 fully saturated rings. The normalized spacial score (nSPS) is 10.7. The fraction of sp³-hybridized carbons (Fsp3) is 0.174. The Balaban J connectivity index is 1.36. The molecule has 7 nitrogen and oxygen atoms in total. The van der Waals surface area contributed by atoms with Gasteiger partial charge in [0.05, 0.1) is 31.7 Å². The van der Waals surface area contributed by atoms with Crippen LogP contribution in [0.25, 0.3) is 22.6 Å². The molecule has 0 saturated carbocycles. The van der Waals surface area contributed by atoms with Gasteiger partial charge in [-0.15, -0.1) is 11.3 Å². The standard InChI is InChI=1S/C23H20FN3O4S/c1-29-18-8-7-14(11-19(18)30-2)17-13-32-23(26-17)27-21(28)9-10-22-25-12-20(31-22)15-5-3-4-6-16(15)24/h3-8,11-13H,9-10H2,1-2H3,(H,26,27,28). The second-order valence-corrected chi connectivity index (χ2v) is 7.61. The number of thiazole rings is 1. The molecule has 0 aliphatic carbocycles. The molecule has 1 amide bonds. The molecule has 0 spiro atoms. The summed E-state index contributed by atoms with van der Waals surface area (Å²) in [5, 5.41) is 5.12. The molecule has 0 saturated heterocycles. The van der Waals surface area contributed by atoms with Gasteiger partial charge in [-0.2, -0.15) is 0 Å². The molecule has 0 unspecified atom stereocenters. The van der Waals surface area contributed by atoms with Crippen LogP contribution in [0.3, 0.4) is 0 Å². The largest absolute Gasteiger partial charge is 0.493 e. The third-order valence-electron chi connectivity index (χ3n) is 4.69. The van der Waals surface area contributed by atoms with Gasteiger partial charge in [0.1, 0.15) is 5.82 Å². The van der Waals surface area contributed by atoms with Crippen molar-refractivity contribution >= 4 is 22.4 Å². The summed E-state index contributed by atoms with van der Waals surface area (Å²) in [7, 11) is 3.15. The number of benzene rings is 2. The zero-order valence-corrected chi connectivity index (χ0v) is 18.2. The Labute approximate surface area is 187 Å². The average molecular weight is 453 g/mol. The van der Waals surface area contributed by atoms with E-state index in [1.165, 1.54) is 23.6 Å². The highest BCUT2D eigenvalue weighted by Crippen LogP contribution is 2.33. The first-order chi connectivity index (χ1) is 15.6. The van der Waals surface area contributed by atoms with Crippen LogP contribution in [0.1, 0.15) is 12.3 Å². The van der Waals surface area contributed by atoms with E-state index in [1.54, 1.807) is 38.5 Å². The van der Waals surface area contributed by atoms with Crippen molar-refractivity contribution in [3.8, 4) is 34.1 Å². The number of aromatic nitrogens is 2. The van der Waals surface area contributed by atoms with E-state index in [0.717, 1.165) is 5.56 Å². The second-order valence-electron chi connectivity index (χ2n) is 6.75. The fourth-order valence-corrected chi connectivity index (χ4v) is 3.81. The van der Waals surface area contributed by atoms with Crippen molar-refractivity contribution in [2.45, 2.75) is 12.8 Å². The summed E-state index contributed by atoms with van der Waals surface area (Å²) in [5.41, 5.74) is 1.90. The van der Waals surface area contributed by atoms with Crippen LogP contribution >= 0.6 is 11.3 Å². The van der Waals surface area contributed by atoms with Crippen molar-refractivity contribution in [1.82, 2.24) is 9.97 Å². The van der Waals surface area contributed by atoms with Gasteiger partial charge in [0.2, 0.25) is 5.91 Å². The third-order valence-corrected chi connectivity index (χ3v) is 5.45. The molecule has 164 valence electrons. The van der Waals surface area contributed by atoms with Crippen LogP contribution in [0.5, 0.6) is 11.5 Å². The molecule has 4 rings (SSSR count). The Kier molecular flexibility index (Phi) is 6.46. The fourth-order valence-electron chi connectivity index (χ4n) is 3.07. The van der Waals surface area contributed by atoms with Crippen molar-refractivity contribution in [3.63, 3.8) is 0 Å². The highest BCUT2D eigenvalue weighted by atomic mass is 32.1. The van der Waals surface area contributed by atoms with Crippen molar-refractivity contribution in [2.75, 3.05) is 19.5 Å². The lowest BCUT2D eigenvalue weighted by Gasteiger charge is -2.08. The molecule has 9 heteroatoms. The summed E-state index contributed by atoms with van der Waals surface area (Å²) in [6.07, 6.45) is 1.90. The number of carbonyl (C=O) groups excluding carboxylic acids is 1. The van der Waals surface area contributed by atoms with E-state index in [2.05, 4.69) is 15.3 Å². The first kappa shape index (κ1) is 21.5. The molecule has 2 aromatic heterocycles. The minimum atomic E-state index is -0.387. The zero-order valence-electron chi connectivity index (χ0n) is 17.4. The number of aryl methyl sites for hydroxylation is 1. The number of amides is 1. The monoisotopic (exact) mass is 453 g/mol. The predicted molar refractivity (Wildman–Crippen MR) is 120 cm³/mol. The lowest BCUT2D eigenvalue weighted by molar-refractivity contribution is -0.116. The smallest absolute Gasteiger partial charge is 0.226 e. The summed E-state index contributed by atoms with van der Waals surface area (Å²) in [6, 6.07) is 11.8. The van der Waals surface area contributed by atoms with Crippen LogP contribution in [0, 0.1) is 5.82 Å². The summed E-state index contributed by atoms with van der Waals surface area (Å²) in [6.45, 7) is 0. The zero-order chi connectivity index (χ0) is 22.5. The lowest BCUT2D eigenvalue weighted by atomic mass is 10.1. The summed E-state index contributed by atoms with van der Waals surface area (Å²) in [4.78, 5) is 20.9. The van der Waals surface area contributed by atoms with E-state index in [4.69, 9.17) is 13.9 Å². The van der Waals surface area contributed by atoms with Crippen LogP contribution < -0.4 is 14.8 Å². The quantitative estimate of drug-likeness (QED) is 0.395. The molecular weight excluding hydrogens is 433 g/mol. The Morgan fingerprint density at radius 2 is 1.97 bits per heavy atom. The number of rotatable bonds is 8. The predicted octanol–water partition coefficient (Wildman–Crippen LogP) is 5.19. The van der Waals surface area contributed by atoms with Crippen LogP contribution in [-0.2, 0) is 11.2 Å². The molecule has 1 N–H and O–H groups in total. The molecule has 0 atom stereocenters. The van der Waals surface area contributed by atoms with Crippen LogP contribution in [-0.4, -0.2) is 30.1 Å². The molecule has 2 aromatic carbocycles. The molecule has 0 aliphatic rings. The molecule has 0 radical (unpaired) electrons. The maximum Gasteiger partial charge on any atom is 0.226 e.